The van der Waals surface area contributed by atoms with E-state index in [1.165, 1.54) is 0 Å². The number of anilines is 6. The van der Waals surface area contributed by atoms with Gasteiger partial charge in [0.25, 0.3) is 0 Å². The number of thiophene rings is 1. The molecule has 4 heterocycles. The molecule has 0 aliphatic rings. The van der Waals surface area contributed by atoms with Gasteiger partial charge >= 0.3 is 22.8 Å². The maximum absolute atomic E-state index is 15.7. The van der Waals surface area contributed by atoms with E-state index in [0.717, 1.165) is 98.8 Å². The predicted octanol–water partition coefficient (Wildman–Crippen LogP) is 28.2. The van der Waals surface area contributed by atoms with Gasteiger partial charge in [0, 0.05) is 135 Å². The van der Waals surface area contributed by atoms with E-state index in [2.05, 4.69) is 93.6 Å². The van der Waals surface area contributed by atoms with Crippen LogP contribution in [0.3, 0.4) is 0 Å². The summed E-state index contributed by atoms with van der Waals surface area (Å²) in [5.74, 6) is 1.68. The molecule has 3 radical (unpaired) electrons. The Morgan fingerprint density at radius 3 is 1.19 bits per heavy atom. The van der Waals surface area contributed by atoms with Crippen molar-refractivity contribution in [3.8, 4) is 66.5 Å². The number of fused-ring (bicyclic) bond motifs is 3. The van der Waals surface area contributed by atoms with Gasteiger partial charge in [-0.2, -0.15) is 12.1 Å². The van der Waals surface area contributed by atoms with Gasteiger partial charge in [0.15, 0.2) is 0 Å². The zero-order valence-electron chi connectivity index (χ0n) is 69.3. The van der Waals surface area contributed by atoms with Crippen LogP contribution in [0.1, 0.15) is 41.5 Å². The van der Waals surface area contributed by atoms with Crippen LogP contribution in [-0.4, -0.2) is 26.2 Å². The topological polar surface area (TPSA) is 152 Å². The summed E-state index contributed by atoms with van der Waals surface area (Å²) < 4.78 is 80.9. The maximum Gasteiger partial charge on any atom is 0.444 e. The minimum atomic E-state index is -4.18. The van der Waals surface area contributed by atoms with Crippen LogP contribution in [0.4, 0.5) is 34.1 Å². The number of nitrogens with zero attached hydrogens (tertiary/aromatic N) is 5. The molecule has 0 unspecified atom stereocenters. The smallest absolute Gasteiger partial charge is 0.419 e. The Labute approximate surface area is 780 Å². The van der Waals surface area contributed by atoms with E-state index in [9.17, 15) is 9.13 Å². The molecule has 18 aromatic rings. The molecular weight excluding hydrogens is 2180 g/mol. The number of hydrogen-bond donors (Lipinski definition) is 0. The zero-order valence-corrected chi connectivity index (χ0v) is 80.0. The molecule has 0 aliphatic carbocycles. The number of pyridine rings is 3. The van der Waals surface area contributed by atoms with Crippen molar-refractivity contribution in [2.45, 2.75) is 52.7 Å². The van der Waals surface area contributed by atoms with Gasteiger partial charge in [0.2, 0.25) is 0 Å². The van der Waals surface area contributed by atoms with Crippen LogP contribution in [0, 0.1) is 18.2 Å². The van der Waals surface area contributed by atoms with Gasteiger partial charge in [-0.05, 0) is 189 Å². The Hall–Kier alpha value is -11.6. The Balaban J connectivity index is 0.000000172. The molecule has 0 saturated heterocycles. The molecule has 635 valence electrons. The number of hydrogen-bond acceptors (Lipinski definition) is 15. The summed E-state index contributed by atoms with van der Waals surface area (Å²) in [4.78, 5) is 20.5. The van der Waals surface area contributed by atoms with Crippen molar-refractivity contribution in [2.24, 2.45) is 0 Å². The van der Waals surface area contributed by atoms with Gasteiger partial charge in [0.05, 0.1) is 22.0 Å². The molecule has 0 atom stereocenters. The predicted molar refractivity (Wildman–Crippen MR) is 502 cm³/mol. The maximum atomic E-state index is 15.7. The third-order valence-electron chi connectivity index (χ3n) is 19.3. The monoisotopic (exact) mass is 2260 g/mol. The van der Waals surface area contributed by atoms with Gasteiger partial charge in [-0.3, -0.25) is 13.6 Å². The molecule has 0 bridgehead atoms. The molecule has 126 heavy (non-hydrogen) atoms. The van der Waals surface area contributed by atoms with Gasteiger partial charge in [0.1, 0.15) is 23.0 Å². The molecule has 14 nitrogen and oxygen atoms in total. The molecule has 14 aromatic carbocycles. The van der Waals surface area contributed by atoms with Crippen LogP contribution >= 0.6 is 34.1 Å². The first-order valence-electron chi connectivity index (χ1n) is 40.1. The molecule has 0 amide bonds. The second kappa shape index (κ2) is 41.7. The number of rotatable bonds is 23. The van der Waals surface area contributed by atoms with Gasteiger partial charge < -0.3 is 42.8 Å². The average Bonchev–Trinajstić information content (AvgIpc) is 0.895. The zero-order chi connectivity index (χ0) is 84.8. The Morgan fingerprint density at radius 1 is 0.325 bits per heavy atom. The minimum Gasteiger partial charge on any atom is -0.419 e. The SMILES string of the molecule is CC(C)(C)OP(=O)(OC(C)(C)C)c1cccc2nc(-c3[c-]cc(-c4ccccc4)s3)ccc12.O=P(Oc1cccc(N(c2ccccc2)c2ccccc2)c1)(Oc1cccc(N(c2ccccc2)c2ccccc2)c1)c1cc[c-]c(-c2cc3ccccc3cn2)c1.O=P(Oc1ccccc1)(Oc1ccccc1)c1c[c-]c(-c2cc3ccccc3cn2)cc1.[Ir].[Ir].[Ir]. The summed E-state index contributed by atoms with van der Waals surface area (Å²) in [5, 5.41) is 6.30. The van der Waals surface area contributed by atoms with Crippen LogP contribution < -0.4 is 43.8 Å². The van der Waals surface area contributed by atoms with E-state index in [1.807, 2.05) is 321 Å². The number of para-hydroxylation sites is 6. The van der Waals surface area contributed by atoms with E-state index in [4.69, 9.17) is 37.1 Å². The molecule has 4 aromatic heterocycles. The normalized spacial score (nSPS) is 11.4. The van der Waals surface area contributed by atoms with E-state index >= 15 is 4.57 Å². The summed E-state index contributed by atoms with van der Waals surface area (Å²) in [6.45, 7) is 11.3. The van der Waals surface area contributed by atoms with Crippen LogP contribution in [0.2, 0.25) is 0 Å². The first kappa shape index (κ1) is 92.0. The third-order valence-corrected chi connectivity index (χ3v) is 26.5. The minimum absolute atomic E-state index is 0. The van der Waals surface area contributed by atoms with Crippen molar-refractivity contribution in [1.82, 2.24) is 15.0 Å². The fraction of sp³-hybridized carbons (Fsp3) is 0.0762. The summed E-state index contributed by atoms with van der Waals surface area (Å²) >= 11 is 1.65. The Kier molecular flexibility index (Phi) is 30.4. The molecule has 0 N–H and O–H groups in total. The summed E-state index contributed by atoms with van der Waals surface area (Å²) in [7, 11) is -11.5. The van der Waals surface area contributed by atoms with Crippen molar-refractivity contribution in [1.29, 1.82) is 0 Å². The average molecular weight is 2260 g/mol. The van der Waals surface area contributed by atoms with Crippen molar-refractivity contribution < 1.29 is 101 Å². The van der Waals surface area contributed by atoms with Gasteiger partial charge in [-0.1, -0.05) is 246 Å². The van der Waals surface area contributed by atoms with Gasteiger partial charge in [-0.15, -0.1) is 59.7 Å². The van der Waals surface area contributed by atoms with Crippen molar-refractivity contribution in [2.75, 3.05) is 9.80 Å². The quantitative estimate of drug-likeness (QED) is 0.0441. The molecule has 0 fully saturated rings. The molecular formula is C105H85Ir3N5O9P3S-3. The van der Waals surface area contributed by atoms with Gasteiger partial charge in [-0.25, -0.2) is 20.5 Å². The van der Waals surface area contributed by atoms with E-state index in [0.29, 0.717) is 50.2 Å². The number of aromatic nitrogens is 3. The number of benzene rings is 14. The van der Waals surface area contributed by atoms with Crippen molar-refractivity contribution >= 4 is 117 Å². The molecule has 0 saturated carbocycles. The summed E-state index contributed by atoms with van der Waals surface area (Å²) in [6.07, 6.45) is 3.68. The molecule has 0 spiro atoms. The first-order chi connectivity index (χ1) is 59.7. The van der Waals surface area contributed by atoms with Crippen LogP contribution in [0.15, 0.2) is 407 Å². The van der Waals surface area contributed by atoms with E-state index < -0.39 is 34.0 Å². The Bertz CT molecular complexity index is 6540. The van der Waals surface area contributed by atoms with E-state index in [1.54, 1.807) is 78.1 Å². The second-order valence-corrected chi connectivity index (χ2v) is 37.3. The van der Waals surface area contributed by atoms with Crippen LogP contribution in [0.25, 0.3) is 76.0 Å². The van der Waals surface area contributed by atoms with Crippen LogP contribution in [-0.2, 0) is 83.1 Å². The standard InChI is InChI=1S/C51H37N3O3P.C27H29NO3PS.C27H19NO3P.3Ir/c55-58(50-33-15-20-40(34-50)51-35-39-18-13-14-19-41(39)38-52-51,56-48-31-16-29-46(36-48)53(42-21-5-1-6-22-42)43-23-7-2-8-24-43)57-49-32-17-30-47(37-49)54(44-25-9-3-10-26-44)45-27-11-4-12-28-45;1-26(2,3)30-32(29,31-27(4,5)6)23-14-10-13-21-20(23)15-16-22(28-21)25-18-17-24(33-25)19-11-8-7-9-12-19;29-32(30-24-11-3-1-4-12-24,31-25-13-5-2-6-14-25)26-17-15-21(16-18-26)27-19-22-9-7-8-10-23(22)20-28-27;;;/h1-19,21-38H;7-17H,1-6H3;1-15,17-20H;;;/q3*-1;;;. The fourth-order valence-corrected chi connectivity index (χ4v) is 20.3. The van der Waals surface area contributed by atoms with Crippen molar-refractivity contribution in [3.05, 3.63) is 425 Å². The first-order valence-corrected chi connectivity index (χ1v) is 45.5. The Morgan fingerprint density at radius 2 is 0.730 bits per heavy atom. The summed E-state index contributed by atoms with van der Waals surface area (Å²) in [6, 6.07) is 136. The van der Waals surface area contributed by atoms with Crippen molar-refractivity contribution in [3.63, 3.8) is 0 Å². The molecule has 0 aliphatic heterocycles. The molecule has 18 rings (SSSR count). The van der Waals surface area contributed by atoms with Crippen LogP contribution in [0.5, 0.6) is 23.0 Å². The largest absolute Gasteiger partial charge is 0.444 e. The van der Waals surface area contributed by atoms with E-state index in [-0.39, 0.29) is 60.3 Å². The second-order valence-electron chi connectivity index (χ2n) is 30.6. The third kappa shape index (κ3) is 23.0. The molecule has 21 heteroatoms. The fourth-order valence-electron chi connectivity index (χ4n) is 13.8. The summed E-state index contributed by atoms with van der Waals surface area (Å²) in [5.41, 5.74) is 9.91.